The minimum atomic E-state index is -1.13. The van der Waals surface area contributed by atoms with E-state index in [2.05, 4.69) is 76.6 Å². The van der Waals surface area contributed by atoms with Crippen LogP contribution < -0.4 is 10.1 Å². The highest BCUT2D eigenvalue weighted by molar-refractivity contribution is 5.75. The number of carboxylic acid groups (broad SMARTS) is 1. The van der Waals surface area contributed by atoms with Crippen molar-refractivity contribution in [2.45, 2.75) is 149 Å². The van der Waals surface area contributed by atoms with Crippen LogP contribution in [0, 0.1) is 62.6 Å². The smallest absolute Gasteiger partial charge is 0.313 e. The Bertz CT molecular complexity index is 1740. The van der Waals surface area contributed by atoms with Gasteiger partial charge in [0, 0.05) is 18.3 Å². The van der Waals surface area contributed by atoms with Crippen LogP contribution >= 0.6 is 0 Å². The number of aromatic nitrogens is 1. The number of allylic oxidation sites excluding steroid dienone is 5. The Balaban J connectivity index is 1.21. The SMILES string of the molecule is C=C(C)[C@@H]1CC[C@]2(NCC(C)(O)CO)CC[C@]3(C)[C@H](CC[C@@H]4C[C@H](C(C)(C)/C(=C\CCC)C5=CC[C@](COc6ncccc6C#N)(C(=O)O)CC5)CC[C@]43C)[C@@H]12. The Morgan fingerprint density at radius 3 is 2.54 bits per heavy atom. The van der Waals surface area contributed by atoms with Crippen molar-refractivity contribution in [3.8, 4) is 11.9 Å². The summed E-state index contributed by atoms with van der Waals surface area (Å²) in [7, 11) is 0. The molecule has 1 aromatic heterocycles. The lowest BCUT2D eigenvalue weighted by molar-refractivity contribution is -0.177. The number of aliphatic hydroxyl groups excluding tert-OH is 1. The third-order valence-electron chi connectivity index (χ3n) is 16.9. The van der Waals surface area contributed by atoms with Gasteiger partial charge in [-0.15, -0.1) is 0 Å². The summed E-state index contributed by atoms with van der Waals surface area (Å²) < 4.78 is 5.95. The fourth-order valence-electron chi connectivity index (χ4n) is 12.9. The molecule has 0 spiro atoms. The van der Waals surface area contributed by atoms with Crippen LogP contribution in [0.3, 0.4) is 0 Å². The van der Waals surface area contributed by atoms with Crippen molar-refractivity contribution in [1.29, 1.82) is 5.26 Å². The number of pyridine rings is 1. The first-order chi connectivity index (χ1) is 26.4. The van der Waals surface area contributed by atoms with Crippen molar-refractivity contribution in [3.63, 3.8) is 0 Å². The topological polar surface area (TPSA) is 136 Å². The maximum absolute atomic E-state index is 12.8. The molecule has 5 aliphatic rings. The fourth-order valence-corrected chi connectivity index (χ4v) is 12.9. The second kappa shape index (κ2) is 16.0. The van der Waals surface area contributed by atoms with E-state index in [4.69, 9.17) is 4.74 Å². The Morgan fingerprint density at radius 1 is 1.12 bits per heavy atom. The Hall–Kier alpha value is -2.99. The molecule has 56 heavy (non-hydrogen) atoms. The zero-order valence-corrected chi connectivity index (χ0v) is 35.6. The Labute approximate surface area is 337 Å². The van der Waals surface area contributed by atoms with Crippen molar-refractivity contribution in [1.82, 2.24) is 10.3 Å². The fraction of sp³-hybridized carbons (Fsp3) is 0.729. The first-order valence-electron chi connectivity index (χ1n) is 21.8. The van der Waals surface area contributed by atoms with Crippen molar-refractivity contribution in [2.75, 3.05) is 19.8 Å². The van der Waals surface area contributed by atoms with E-state index < -0.39 is 17.0 Å². The molecule has 4 saturated carbocycles. The predicted molar refractivity (Wildman–Crippen MR) is 222 cm³/mol. The van der Waals surface area contributed by atoms with Crippen LogP contribution in [0.4, 0.5) is 0 Å². The van der Waals surface area contributed by atoms with Gasteiger partial charge in [0.25, 0.3) is 0 Å². The van der Waals surface area contributed by atoms with Gasteiger partial charge in [-0.3, -0.25) is 4.79 Å². The number of rotatable bonds is 14. The molecule has 4 N–H and O–H groups in total. The van der Waals surface area contributed by atoms with Gasteiger partial charge in [-0.25, -0.2) is 4.98 Å². The molecule has 0 aromatic carbocycles. The number of aliphatic hydroxyl groups is 2. The molecule has 10 atom stereocenters. The van der Waals surface area contributed by atoms with Gasteiger partial charge in [0.05, 0.1) is 12.2 Å². The van der Waals surface area contributed by atoms with Gasteiger partial charge in [0.2, 0.25) is 5.88 Å². The lowest BCUT2D eigenvalue weighted by Crippen LogP contribution is -2.66. The minimum absolute atomic E-state index is 0.0213. The summed E-state index contributed by atoms with van der Waals surface area (Å²) in [6, 6.07) is 5.42. The van der Waals surface area contributed by atoms with Crippen LogP contribution in [0.2, 0.25) is 0 Å². The van der Waals surface area contributed by atoms with E-state index in [0.717, 1.165) is 32.1 Å². The van der Waals surface area contributed by atoms with Crippen molar-refractivity contribution >= 4 is 5.97 Å². The second-order valence-corrected chi connectivity index (χ2v) is 20.3. The summed E-state index contributed by atoms with van der Waals surface area (Å²) in [5, 5.41) is 44.6. The van der Waals surface area contributed by atoms with E-state index in [1.54, 1.807) is 25.3 Å². The van der Waals surface area contributed by atoms with Gasteiger partial charge in [-0.05, 0) is 166 Å². The molecule has 6 rings (SSSR count). The van der Waals surface area contributed by atoms with Gasteiger partial charge < -0.3 is 25.4 Å². The quantitative estimate of drug-likeness (QED) is 0.138. The standard InChI is InChI=1S/C48H71N3O5/c1-9-10-13-38(33-16-21-47(22-17-33,42(53)54)31-56-41-34(28-49)12-11-26-50-41)43(4,5)35-18-20-45(7)36(27-35)14-15-39-40-37(32(2)3)19-23-48(40,25-24-46(39,45)8)51-29-44(6,55)30-52/h11-13,16,26,35-37,39-40,51-52,55H,2,9-10,14-15,17-25,27,29-31H2,1,3-8H3,(H,53,54)/b38-13-/t35-,36-,37+,39-,40-,44?,45-,46-,47+,48+/m1/s1. The van der Waals surface area contributed by atoms with Crippen LogP contribution in [0.25, 0.3) is 0 Å². The lowest BCUT2D eigenvalue weighted by Gasteiger charge is -2.68. The van der Waals surface area contributed by atoms with E-state index in [1.165, 1.54) is 55.2 Å². The second-order valence-electron chi connectivity index (χ2n) is 20.3. The Kier molecular flexibility index (Phi) is 12.2. The zero-order chi connectivity index (χ0) is 40.7. The maximum atomic E-state index is 12.8. The van der Waals surface area contributed by atoms with Crippen LogP contribution in [0.1, 0.15) is 144 Å². The summed E-state index contributed by atoms with van der Waals surface area (Å²) in [4.78, 5) is 17.0. The summed E-state index contributed by atoms with van der Waals surface area (Å²) in [6.45, 7) is 21.1. The highest BCUT2D eigenvalue weighted by Crippen LogP contribution is 2.72. The van der Waals surface area contributed by atoms with E-state index in [0.29, 0.717) is 61.0 Å². The molecule has 0 saturated heterocycles. The molecule has 0 aliphatic heterocycles. The molecule has 0 radical (unpaired) electrons. The number of hydrogen-bond donors (Lipinski definition) is 4. The first kappa shape index (κ1) is 42.6. The number of nitriles is 1. The Morgan fingerprint density at radius 2 is 1.89 bits per heavy atom. The molecule has 0 amide bonds. The molecule has 1 heterocycles. The van der Waals surface area contributed by atoms with Gasteiger partial charge in [0.1, 0.15) is 23.7 Å². The van der Waals surface area contributed by atoms with Crippen LogP contribution in [-0.2, 0) is 4.79 Å². The normalized spacial score (nSPS) is 36.9. The molecule has 1 unspecified atom stereocenters. The molecule has 0 bridgehead atoms. The lowest BCUT2D eigenvalue weighted by atomic mass is 9.38. The number of carbonyl (C=O) groups is 1. The number of fused-ring (bicyclic) bond motifs is 5. The third-order valence-corrected chi connectivity index (χ3v) is 16.9. The largest absolute Gasteiger partial charge is 0.481 e. The van der Waals surface area contributed by atoms with Gasteiger partial charge >= 0.3 is 5.97 Å². The number of nitrogens with one attached hydrogen (secondary N) is 1. The van der Waals surface area contributed by atoms with E-state index in [9.17, 15) is 25.4 Å². The monoisotopic (exact) mass is 770 g/mol. The average molecular weight is 770 g/mol. The molecule has 8 nitrogen and oxygen atoms in total. The summed E-state index contributed by atoms with van der Waals surface area (Å²) in [6.07, 6.45) is 20.5. The molecule has 1 aromatic rings. The highest BCUT2D eigenvalue weighted by atomic mass is 16.5. The number of aliphatic carboxylic acids is 1. The summed E-state index contributed by atoms with van der Waals surface area (Å²) >= 11 is 0. The molecular formula is C48H71N3O5. The number of ether oxygens (including phenoxy) is 1. The number of β-amino-alcohol motifs (C(OH)–C–C–N with tert-alkyl or cyclic N) is 1. The van der Waals surface area contributed by atoms with E-state index >= 15 is 0 Å². The molecule has 5 aliphatic carbocycles. The van der Waals surface area contributed by atoms with Gasteiger partial charge in [0.15, 0.2) is 0 Å². The van der Waals surface area contributed by atoms with Crippen molar-refractivity contribution < 1.29 is 24.9 Å². The van der Waals surface area contributed by atoms with E-state index in [1.807, 2.05) is 0 Å². The zero-order valence-electron chi connectivity index (χ0n) is 35.6. The van der Waals surface area contributed by atoms with Crippen molar-refractivity contribution in [2.24, 2.45) is 51.2 Å². The van der Waals surface area contributed by atoms with Crippen LogP contribution in [0.5, 0.6) is 5.88 Å². The number of unbranched alkanes of at least 4 members (excludes halogenated alkanes) is 1. The van der Waals surface area contributed by atoms with Crippen LogP contribution in [-0.4, -0.2) is 57.2 Å². The number of nitrogens with zero attached hydrogens (tertiary/aromatic N) is 2. The number of hydrogen-bond acceptors (Lipinski definition) is 7. The summed E-state index contributed by atoms with van der Waals surface area (Å²) in [5.74, 6) is 2.07. The molecule has 4 fully saturated rings. The predicted octanol–water partition coefficient (Wildman–Crippen LogP) is 9.57. The molecule has 308 valence electrons. The minimum Gasteiger partial charge on any atom is -0.481 e. The van der Waals surface area contributed by atoms with Gasteiger partial charge in [-0.2, -0.15) is 5.26 Å². The maximum Gasteiger partial charge on any atom is 0.313 e. The highest BCUT2D eigenvalue weighted by Gasteiger charge is 2.67. The van der Waals surface area contributed by atoms with Crippen LogP contribution in [0.15, 0.2) is 53.8 Å². The molecular weight excluding hydrogens is 699 g/mol. The van der Waals surface area contributed by atoms with Gasteiger partial charge in [-0.1, -0.05) is 65.3 Å². The van der Waals surface area contributed by atoms with Crippen molar-refractivity contribution in [3.05, 3.63) is 59.3 Å². The molecule has 8 heteroatoms. The number of carboxylic acids is 1. The average Bonchev–Trinajstić information content (AvgIpc) is 3.57. The van der Waals surface area contributed by atoms with E-state index in [-0.39, 0.29) is 40.9 Å². The first-order valence-corrected chi connectivity index (χ1v) is 21.8. The summed E-state index contributed by atoms with van der Waals surface area (Å²) in [5.41, 5.74) is 2.49. The third kappa shape index (κ3) is 7.43.